The molecule has 0 bridgehead atoms. The minimum absolute atomic E-state index is 0.0371. The number of aryl methyl sites for hydroxylation is 2. The molecule has 1 fully saturated rings. The van der Waals surface area contributed by atoms with Gasteiger partial charge in [0.15, 0.2) is 0 Å². The predicted molar refractivity (Wildman–Crippen MR) is 101 cm³/mol. The molecule has 0 aliphatic carbocycles. The van der Waals surface area contributed by atoms with Crippen LogP contribution in [0.5, 0.6) is 0 Å². The Labute approximate surface area is 151 Å². The Morgan fingerprint density at radius 2 is 2.00 bits per heavy atom. The number of piperidine rings is 1. The van der Waals surface area contributed by atoms with Gasteiger partial charge in [0.05, 0.1) is 17.7 Å². The first-order valence-corrected chi connectivity index (χ1v) is 10.7. The molecule has 5 nitrogen and oxygen atoms in total. The van der Waals surface area contributed by atoms with Crippen molar-refractivity contribution in [3.8, 4) is 0 Å². The lowest BCUT2D eigenvalue weighted by molar-refractivity contribution is -0.126. The summed E-state index contributed by atoms with van der Waals surface area (Å²) in [4.78, 5) is 12.7. The molecule has 1 aromatic carbocycles. The maximum atomic E-state index is 12.7. The predicted octanol–water partition coefficient (Wildman–Crippen LogP) is 2.93. The zero-order valence-electron chi connectivity index (χ0n) is 15.7. The van der Waals surface area contributed by atoms with E-state index < -0.39 is 10.0 Å². The van der Waals surface area contributed by atoms with Gasteiger partial charge < -0.3 is 5.32 Å². The molecular weight excluding hydrogens is 336 g/mol. The topological polar surface area (TPSA) is 66.5 Å². The first-order valence-electron chi connectivity index (χ1n) is 9.13. The van der Waals surface area contributed by atoms with Gasteiger partial charge in [0.2, 0.25) is 15.9 Å². The SMILES string of the molecule is CC[C@H](NC(=O)[C@@H]1CCCN(S(=O)(=O)CC)C1)c1ccc(C)c(C)c1. The standard InChI is InChI=1S/C19H30N2O3S/c1-5-18(16-10-9-14(3)15(4)12-16)20-19(22)17-8-7-11-21(13-17)25(23,24)6-2/h9-10,12,17-18H,5-8,11,13H2,1-4H3,(H,20,22)/t17-,18+/m1/s1. The highest BCUT2D eigenvalue weighted by molar-refractivity contribution is 7.89. The van der Waals surface area contributed by atoms with Crippen molar-refractivity contribution in [2.45, 2.75) is 53.0 Å². The molecule has 6 heteroatoms. The van der Waals surface area contributed by atoms with E-state index in [1.54, 1.807) is 6.92 Å². The molecule has 0 radical (unpaired) electrons. The summed E-state index contributed by atoms with van der Waals surface area (Å²) in [6, 6.07) is 6.23. The van der Waals surface area contributed by atoms with E-state index in [1.165, 1.54) is 15.4 Å². The quantitative estimate of drug-likeness (QED) is 0.842. The Bertz CT molecular complexity index is 715. The van der Waals surface area contributed by atoms with Crippen molar-refractivity contribution in [3.05, 3.63) is 34.9 Å². The van der Waals surface area contributed by atoms with Crippen molar-refractivity contribution in [1.29, 1.82) is 0 Å². The molecular formula is C19H30N2O3S. The molecule has 0 saturated carbocycles. The fourth-order valence-corrected chi connectivity index (χ4v) is 4.46. The summed E-state index contributed by atoms with van der Waals surface area (Å²) in [5.74, 6) is -0.224. The molecule has 2 rings (SSSR count). The lowest BCUT2D eigenvalue weighted by Crippen LogP contribution is -2.46. The Kier molecular flexibility index (Phi) is 6.63. The number of carbonyl (C=O) groups excluding carboxylic acids is 1. The number of rotatable bonds is 6. The number of nitrogens with zero attached hydrogens (tertiary/aromatic N) is 1. The number of sulfonamides is 1. The van der Waals surface area contributed by atoms with Gasteiger partial charge in [-0.1, -0.05) is 25.1 Å². The Balaban J connectivity index is 2.07. The lowest BCUT2D eigenvalue weighted by atomic mass is 9.96. The van der Waals surface area contributed by atoms with Crippen LogP contribution in [0.15, 0.2) is 18.2 Å². The number of amides is 1. The third kappa shape index (κ3) is 4.82. The molecule has 0 unspecified atom stereocenters. The summed E-state index contributed by atoms with van der Waals surface area (Å²) in [6.45, 7) is 8.66. The zero-order valence-corrected chi connectivity index (χ0v) is 16.5. The molecule has 0 aromatic heterocycles. The summed E-state index contributed by atoms with van der Waals surface area (Å²) >= 11 is 0. The zero-order chi connectivity index (χ0) is 18.6. The molecule has 1 aliphatic rings. The Morgan fingerprint density at radius 1 is 1.28 bits per heavy atom. The summed E-state index contributed by atoms with van der Waals surface area (Å²) in [7, 11) is -3.23. The molecule has 1 saturated heterocycles. The second-order valence-electron chi connectivity index (χ2n) is 6.91. The van der Waals surface area contributed by atoms with Crippen LogP contribution < -0.4 is 5.32 Å². The highest BCUT2D eigenvalue weighted by Crippen LogP contribution is 2.23. The van der Waals surface area contributed by atoms with Gasteiger partial charge in [0, 0.05) is 13.1 Å². The minimum atomic E-state index is -3.23. The van der Waals surface area contributed by atoms with Crippen LogP contribution in [0.25, 0.3) is 0 Å². The molecule has 1 aromatic rings. The van der Waals surface area contributed by atoms with E-state index in [1.807, 2.05) is 0 Å². The van der Waals surface area contributed by atoms with Crippen LogP contribution in [0.2, 0.25) is 0 Å². The molecule has 1 amide bonds. The van der Waals surface area contributed by atoms with Gasteiger partial charge >= 0.3 is 0 Å². The van der Waals surface area contributed by atoms with Gasteiger partial charge in [0.25, 0.3) is 0 Å². The van der Waals surface area contributed by atoms with Crippen molar-refractivity contribution in [2.24, 2.45) is 5.92 Å². The van der Waals surface area contributed by atoms with E-state index in [0.717, 1.165) is 24.8 Å². The monoisotopic (exact) mass is 366 g/mol. The van der Waals surface area contributed by atoms with E-state index in [9.17, 15) is 13.2 Å². The number of benzene rings is 1. The minimum Gasteiger partial charge on any atom is -0.349 e. The summed E-state index contributed by atoms with van der Waals surface area (Å²) < 4.78 is 25.6. The van der Waals surface area contributed by atoms with Crippen LogP contribution in [0.3, 0.4) is 0 Å². The van der Waals surface area contributed by atoms with E-state index in [0.29, 0.717) is 13.1 Å². The lowest BCUT2D eigenvalue weighted by Gasteiger charge is -2.32. The summed E-state index contributed by atoms with van der Waals surface area (Å²) in [6.07, 6.45) is 2.28. The van der Waals surface area contributed by atoms with Gasteiger partial charge in [-0.3, -0.25) is 4.79 Å². The van der Waals surface area contributed by atoms with Crippen molar-refractivity contribution in [3.63, 3.8) is 0 Å². The van der Waals surface area contributed by atoms with Crippen LogP contribution in [-0.4, -0.2) is 37.5 Å². The van der Waals surface area contributed by atoms with Gasteiger partial charge in [0.1, 0.15) is 0 Å². The van der Waals surface area contributed by atoms with Crippen LogP contribution in [0, 0.1) is 19.8 Å². The maximum absolute atomic E-state index is 12.7. The normalized spacial score (nSPS) is 20.2. The number of carbonyl (C=O) groups is 1. The van der Waals surface area contributed by atoms with Gasteiger partial charge in [-0.25, -0.2) is 12.7 Å². The fourth-order valence-electron chi connectivity index (χ4n) is 3.28. The fraction of sp³-hybridized carbons (Fsp3) is 0.632. The third-order valence-corrected chi connectivity index (χ3v) is 7.02. The molecule has 0 spiro atoms. The largest absolute Gasteiger partial charge is 0.349 e. The van der Waals surface area contributed by atoms with Crippen molar-refractivity contribution >= 4 is 15.9 Å². The van der Waals surface area contributed by atoms with Crippen LogP contribution in [0.1, 0.15) is 55.8 Å². The van der Waals surface area contributed by atoms with Crippen LogP contribution in [0.4, 0.5) is 0 Å². The van der Waals surface area contributed by atoms with E-state index >= 15 is 0 Å². The smallest absolute Gasteiger partial charge is 0.224 e. The molecule has 140 valence electrons. The average molecular weight is 367 g/mol. The van der Waals surface area contributed by atoms with Crippen molar-refractivity contribution < 1.29 is 13.2 Å². The average Bonchev–Trinajstić information content (AvgIpc) is 2.62. The highest BCUT2D eigenvalue weighted by Gasteiger charge is 2.32. The van der Waals surface area contributed by atoms with Crippen LogP contribution >= 0.6 is 0 Å². The first-order chi connectivity index (χ1) is 11.8. The number of hydrogen-bond donors (Lipinski definition) is 1. The second kappa shape index (κ2) is 8.32. The van der Waals surface area contributed by atoms with E-state index in [2.05, 4.69) is 44.3 Å². The molecule has 1 N–H and O–H groups in total. The highest BCUT2D eigenvalue weighted by atomic mass is 32.2. The van der Waals surface area contributed by atoms with E-state index in [4.69, 9.17) is 0 Å². The van der Waals surface area contributed by atoms with Crippen molar-refractivity contribution in [1.82, 2.24) is 9.62 Å². The number of nitrogens with one attached hydrogen (secondary N) is 1. The molecule has 2 atom stereocenters. The molecule has 25 heavy (non-hydrogen) atoms. The van der Waals surface area contributed by atoms with Gasteiger partial charge in [-0.05, 0) is 56.7 Å². The van der Waals surface area contributed by atoms with Gasteiger partial charge in [-0.2, -0.15) is 0 Å². The Morgan fingerprint density at radius 3 is 2.60 bits per heavy atom. The summed E-state index contributed by atoms with van der Waals surface area (Å²) in [5.41, 5.74) is 3.55. The maximum Gasteiger partial charge on any atom is 0.224 e. The molecule has 1 aliphatic heterocycles. The molecule has 1 heterocycles. The number of hydrogen-bond acceptors (Lipinski definition) is 3. The van der Waals surface area contributed by atoms with Crippen molar-refractivity contribution in [2.75, 3.05) is 18.8 Å². The Hall–Kier alpha value is -1.40. The summed E-state index contributed by atoms with van der Waals surface area (Å²) in [5, 5.41) is 3.13. The second-order valence-corrected chi connectivity index (χ2v) is 9.17. The van der Waals surface area contributed by atoms with Crippen LogP contribution in [-0.2, 0) is 14.8 Å². The van der Waals surface area contributed by atoms with E-state index in [-0.39, 0.29) is 23.6 Å². The first kappa shape index (κ1) is 19.9. The van der Waals surface area contributed by atoms with Gasteiger partial charge in [-0.15, -0.1) is 0 Å². The third-order valence-electron chi connectivity index (χ3n) is 5.17.